The summed E-state index contributed by atoms with van der Waals surface area (Å²) in [4.78, 5) is 13.2. The van der Waals surface area contributed by atoms with E-state index >= 15 is 0 Å². The van der Waals surface area contributed by atoms with Crippen LogP contribution in [0.2, 0.25) is 0 Å². The van der Waals surface area contributed by atoms with Crippen LogP contribution in [0, 0.1) is 5.82 Å². The van der Waals surface area contributed by atoms with Gasteiger partial charge in [0.2, 0.25) is 5.95 Å². The normalized spacial score (nSPS) is 16.5. The van der Waals surface area contributed by atoms with E-state index in [2.05, 4.69) is 20.3 Å². The number of oxazole rings is 1. The van der Waals surface area contributed by atoms with Gasteiger partial charge in [0.05, 0.1) is 5.69 Å². The predicted molar refractivity (Wildman–Crippen MR) is 117 cm³/mol. The second kappa shape index (κ2) is 8.10. The molecule has 0 aliphatic carbocycles. The quantitative estimate of drug-likeness (QED) is 0.434. The molecule has 1 fully saturated rings. The number of rotatable bonds is 6. The Hall–Kier alpha value is -3.55. The average molecular weight is 473 g/mol. The van der Waals surface area contributed by atoms with Crippen molar-refractivity contribution in [2.24, 2.45) is 0 Å². The van der Waals surface area contributed by atoms with Crippen LogP contribution in [0.15, 0.2) is 47.3 Å². The third-order valence-corrected chi connectivity index (χ3v) is 7.40. The van der Waals surface area contributed by atoms with Crippen LogP contribution < -0.4 is 5.32 Å². The van der Waals surface area contributed by atoms with Crippen LogP contribution in [-0.2, 0) is 10.2 Å². The Labute approximate surface area is 188 Å². The van der Waals surface area contributed by atoms with Gasteiger partial charge >= 0.3 is 5.84 Å². The maximum absolute atomic E-state index is 13.6. The van der Waals surface area contributed by atoms with Crippen LogP contribution in [0.5, 0.6) is 5.75 Å². The Balaban J connectivity index is 1.43. The molecular weight excluding hydrogens is 453 g/mol. The van der Waals surface area contributed by atoms with Gasteiger partial charge in [0, 0.05) is 51.2 Å². The molecule has 13 heteroatoms. The number of aromatic nitrogens is 4. The summed E-state index contributed by atoms with van der Waals surface area (Å²) in [5.74, 6) is -0.609. The highest BCUT2D eigenvalue weighted by atomic mass is 32.2. The summed E-state index contributed by atoms with van der Waals surface area (Å²) in [6.07, 6.45) is 4.72. The maximum Gasteiger partial charge on any atom is 0.306 e. The minimum atomic E-state index is -3.41. The number of phenols is 1. The number of phenolic OH excluding ortho intramolecular Hbond substituents is 1. The average Bonchev–Trinajstić information content (AvgIpc) is 3.45. The SMILES string of the molecule is CN1CCN(CCNc2nccc(-c3c(-c4ccc(F)c(O)c4)nc4occn34)n2)S1(=O)=O. The van der Waals surface area contributed by atoms with E-state index < -0.39 is 21.8 Å². The van der Waals surface area contributed by atoms with Gasteiger partial charge in [-0.2, -0.15) is 22.0 Å². The summed E-state index contributed by atoms with van der Waals surface area (Å²) in [6.45, 7) is 1.49. The van der Waals surface area contributed by atoms with E-state index in [9.17, 15) is 17.9 Å². The highest BCUT2D eigenvalue weighted by Crippen LogP contribution is 2.34. The fraction of sp³-hybridized carbons (Fsp3) is 0.250. The summed E-state index contributed by atoms with van der Waals surface area (Å²) >= 11 is 0. The smallest absolute Gasteiger partial charge is 0.306 e. The fourth-order valence-corrected chi connectivity index (χ4v) is 5.01. The third-order valence-electron chi connectivity index (χ3n) is 5.41. The molecule has 0 radical (unpaired) electrons. The van der Waals surface area contributed by atoms with Gasteiger partial charge in [0.25, 0.3) is 10.2 Å². The fourth-order valence-electron chi connectivity index (χ4n) is 3.67. The molecule has 4 aromatic rings. The van der Waals surface area contributed by atoms with Gasteiger partial charge in [-0.15, -0.1) is 0 Å². The Morgan fingerprint density at radius 3 is 2.85 bits per heavy atom. The van der Waals surface area contributed by atoms with Crippen LogP contribution in [0.1, 0.15) is 0 Å². The molecule has 0 amide bonds. The summed E-state index contributed by atoms with van der Waals surface area (Å²) in [6, 6.07) is 5.64. The predicted octanol–water partition coefficient (Wildman–Crippen LogP) is 1.80. The molecule has 5 rings (SSSR count). The Morgan fingerprint density at radius 1 is 1.24 bits per heavy atom. The van der Waals surface area contributed by atoms with Crippen LogP contribution >= 0.6 is 0 Å². The first-order valence-corrected chi connectivity index (χ1v) is 11.5. The first kappa shape index (κ1) is 21.3. The number of fused-ring (bicyclic) bond motifs is 1. The summed E-state index contributed by atoms with van der Waals surface area (Å²) in [5.41, 5.74) is 2.01. The number of anilines is 1. The second-order valence-corrected chi connectivity index (χ2v) is 9.49. The molecule has 2 N–H and O–H groups in total. The number of benzene rings is 1. The van der Waals surface area contributed by atoms with Crippen molar-refractivity contribution in [3.05, 3.63) is 48.7 Å². The molecular formula is C20H20FN7O4S. The third kappa shape index (κ3) is 3.79. The van der Waals surface area contributed by atoms with Crippen molar-refractivity contribution in [2.75, 3.05) is 38.5 Å². The minimum absolute atomic E-state index is 0.277. The lowest BCUT2D eigenvalue weighted by Crippen LogP contribution is -2.34. The van der Waals surface area contributed by atoms with E-state index in [-0.39, 0.29) is 6.54 Å². The van der Waals surface area contributed by atoms with E-state index in [4.69, 9.17) is 4.42 Å². The van der Waals surface area contributed by atoms with Gasteiger partial charge in [-0.05, 0) is 24.3 Å². The van der Waals surface area contributed by atoms with Crippen LogP contribution in [0.4, 0.5) is 10.3 Å². The molecule has 1 saturated heterocycles. The lowest BCUT2D eigenvalue weighted by atomic mass is 10.1. The Kier molecular flexibility index (Phi) is 5.23. The number of hydrogen-bond acceptors (Lipinski definition) is 8. The standard InChI is InChI=1S/C20H20FN7O4S/c1-26-8-9-27(33(26,30)31)7-6-23-19-22-5-4-15(24-19)18-17(25-20-28(18)10-11-32-20)13-2-3-14(21)16(29)12-13/h2-5,10-12,29H,6-9H2,1H3,(H,22,23,24). The number of aromatic hydroxyl groups is 1. The molecule has 0 bridgehead atoms. The van der Waals surface area contributed by atoms with Crippen molar-refractivity contribution in [2.45, 2.75) is 0 Å². The zero-order valence-electron chi connectivity index (χ0n) is 17.5. The van der Waals surface area contributed by atoms with E-state index in [0.29, 0.717) is 54.1 Å². The van der Waals surface area contributed by atoms with Gasteiger partial charge in [-0.1, -0.05) is 0 Å². The molecule has 0 spiro atoms. The van der Waals surface area contributed by atoms with Crippen molar-refractivity contribution in [3.8, 4) is 28.4 Å². The molecule has 1 aliphatic rings. The summed E-state index contributed by atoms with van der Waals surface area (Å²) in [7, 11) is -1.86. The number of nitrogens with one attached hydrogen (secondary N) is 1. The van der Waals surface area contributed by atoms with E-state index in [1.165, 1.54) is 27.0 Å². The molecule has 3 aromatic heterocycles. The Bertz CT molecular complexity index is 1440. The highest BCUT2D eigenvalue weighted by molar-refractivity contribution is 7.87. The largest absolute Gasteiger partial charge is 0.505 e. The molecule has 1 aliphatic heterocycles. The second-order valence-electron chi connectivity index (χ2n) is 7.45. The molecule has 11 nitrogen and oxygen atoms in total. The topological polar surface area (TPSA) is 129 Å². The lowest BCUT2D eigenvalue weighted by Gasteiger charge is -2.16. The van der Waals surface area contributed by atoms with E-state index in [0.717, 1.165) is 6.07 Å². The number of halogens is 1. The molecule has 33 heavy (non-hydrogen) atoms. The zero-order valence-corrected chi connectivity index (χ0v) is 18.3. The summed E-state index contributed by atoms with van der Waals surface area (Å²) in [5, 5.41) is 12.9. The molecule has 1 aromatic carbocycles. The van der Waals surface area contributed by atoms with Gasteiger partial charge in [-0.3, -0.25) is 4.40 Å². The molecule has 172 valence electrons. The van der Waals surface area contributed by atoms with Crippen molar-refractivity contribution in [1.82, 2.24) is 28.0 Å². The number of hydrogen-bond donors (Lipinski definition) is 2. The first-order valence-electron chi connectivity index (χ1n) is 10.1. The van der Waals surface area contributed by atoms with E-state index in [1.54, 1.807) is 29.9 Å². The minimum Gasteiger partial charge on any atom is -0.505 e. The zero-order chi connectivity index (χ0) is 23.2. The molecule has 0 unspecified atom stereocenters. The number of likely N-dealkylation sites (N-methyl/N-ethyl adjacent to an activating group) is 1. The molecule has 4 heterocycles. The summed E-state index contributed by atoms with van der Waals surface area (Å²) < 4.78 is 47.8. The van der Waals surface area contributed by atoms with Crippen molar-refractivity contribution in [3.63, 3.8) is 0 Å². The lowest BCUT2D eigenvalue weighted by molar-refractivity contribution is 0.432. The van der Waals surface area contributed by atoms with Crippen LogP contribution in [0.25, 0.3) is 28.5 Å². The van der Waals surface area contributed by atoms with Crippen LogP contribution in [-0.4, -0.2) is 74.7 Å². The highest BCUT2D eigenvalue weighted by Gasteiger charge is 2.33. The van der Waals surface area contributed by atoms with Crippen molar-refractivity contribution < 1.29 is 22.3 Å². The first-order chi connectivity index (χ1) is 15.8. The Morgan fingerprint density at radius 2 is 2.09 bits per heavy atom. The molecule has 0 saturated carbocycles. The van der Waals surface area contributed by atoms with E-state index in [1.807, 2.05) is 0 Å². The van der Waals surface area contributed by atoms with Gasteiger partial charge in [0.15, 0.2) is 11.6 Å². The molecule has 0 atom stereocenters. The van der Waals surface area contributed by atoms with Crippen molar-refractivity contribution in [1.29, 1.82) is 0 Å². The van der Waals surface area contributed by atoms with Crippen LogP contribution in [0.3, 0.4) is 0 Å². The van der Waals surface area contributed by atoms with Gasteiger partial charge < -0.3 is 14.8 Å². The monoisotopic (exact) mass is 473 g/mol. The van der Waals surface area contributed by atoms with Crippen molar-refractivity contribution >= 4 is 22.0 Å². The number of imidazole rings is 1. The number of nitrogens with zero attached hydrogens (tertiary/aromatic N) is 6. The maximum atomic E-state index is 13.6. The van der Waals surface area contributed by atoms with Gasteiger partial charge in [-0.25, -0.2) is 14.4 Å². The van der Waals surface area contributed by atoms with Gasteiger partial charge in [0.1, 0.15) is 17.7 Å².